The van der Waals surface area contributed by atoms with Gasteiger partial charge in [-0.05, 0) is 24.6 Å². The molecule has 0 aliphatic rings. The quantitative estimate of drug-likeness (QED) is 0.510. The molecule has 0 saturated heterocycles. The average molecular weight is 161 g/mol. The summed E-state index contributed by atoms with van der Waals surface area (Å²) < 4.78 is 37.4. The minimum absolute atomic E-state index is 0. The van der Waals surface area contributed by atoms with Crippen molar-refractivity contribution in [1.29, 1.82) is 1.45 Å². The molecule has 0 amide bonds. The van der Waals surface area contributed by atoms with Gasteiger partial charge in [0.05, 0.1) is 0 Å². The molecule has 0 fully saturated rings. The minimum atomic E-state index is -0.521. The zero-order valence-electron chi connectivity index (χ0n) is 6.94. The molecule has 0 atom stereocenters. The molecule has 0 N–H and O–H groups in total. The molecule has 0 unspecified atom stereocenters. The third kappa shape index (κ3) is 3.70. The molecule has 0 saturated carbocycles. The molecule has 0 spiro atoms. The molecular weight excluding hydrogens is 152 g/mol. The molecule has 0 nitrogen and oxygen atoms in total. The van der Waals surface area contributed by atoms with Crippen molar-refractivity contribution in [2.45, 2.75) is 6.92 Å². The Labute approximate surface area is 66.7 Å². The monoisotopic (exact) mass is 161 g/mol. The van der Waals surface area contributed by atoms with Crippen LogP contribution in [0.4, 0.5) is 13.5 Å². The third-order valence-electron chi connectivity index (χ3n) is 1.01. The maximum Gasteiger partial charge on any atom is 0.269 e. The fraction of sp³-hybridized carbons (Fsp3) is 0.143. The first-order valence-corrected chi connectivity index (χ1v) is 2.61. The average Bonchev–Trinajstić information content (AvgIpc) is 1.88. The van der Waals surface area contributed by atoms with Crippen molar-refractivity contribution in [2.24, 2.45) is 0 Å². The van der Waals surface area contributed by atoms with Gasteiger partial charge in [-0.25, -0.2) is 8.78 Å². The van der Waals surface area contributed by atoms with Gasteiger partial charge in [-0.2, -0.15) is 0 Å². The number of hydrogen-bond acceptors (Lipinski definition) is 0. The molecule has 1 rings (SSSR count). The molecule has 1 aromatic rings. The Morgan fingerprint density at radius 2 is 1.55 bits per heavy atom. The van der Waals surface area contributed by atoms with Crippen LogP contribution in [0.1, 0.15) is 5.56 Å². The lowest BCUT2D eigenvalue weighted by molar-refractivity contribution is 0.581. The van der Waals surface area contributed by atoms with Crippen molar-refractivity contribution in [3.8, 4) is 0 Å². The number of aryl methyl sites for hydroxylation is 1. The summed E-state index contributed by atoms with van der Waals surface area (Å²) in [4.78, 5) is 0. The van der Waals surface area contributed by atoms with Crippen LogP contribution in [0.15, 0.2) is 18.2 Å². The number of rotatable bonds is 0. The number of hydrogen-bond donors (Lipinski definition) is 0. The van der Waals surface area contributed by atoms with Crippen molar-refractivity contribution in [2.75, 3.05) is 0 Å². The van der Waals surface area contributed by atoms with E-state index in [1.807, 2.05) is 0 Å². The largest absolute Gasteiger partial charge is 0.269 e. The second-order valence-corrected chi connectivity index (χ2v) is 1.95. The number of benzene rings is 1. The van der Waals surface area contributed by atoms with E-state index < -0.39 is 11.6 Å². The predicted octanol–water partition coefficient (Wildman–Crippen LogP) is 2.04. The Kier molecular flexibility index (Phi) is 4.42. The highest BCUT2D eigenvalue weighted by Crippen LogP contribution is 2.05. The summed E-state index contributed by atoms with van der Waals surface area (Å²) in [5.74, 6) is -1.04. The first-order valence-electron chi connectivity index (χ1n) is 2.99. The molecule has 3 radical (unpaired) electrons. The molecule has 11 heavy (non-hydrogen) atoms. The van der Waals surface area contributed by atoms with Crippen LogP contribution < -0.4 is 0 Å². The van der Waals surface area contributed by atoms with E-state index in [4.69, 9.17) is 4.72 Å². The Bertz CT molecular complexity index is 179. The molecule has 4 heteroatoms. The lowest BCUT2D eigenvalue weighted by Gasteiger charge is -1.91. The lowest BCUT2D eigenvalue weighted by atomic mass is 10.2. The summed E-state index contributed by atoms with van der Waals surface area (Å²) >= 11 is 0. The number of halogens is 3. The van der Waals surface area contributed by atoms with Gasteiger partial charge in [0, 0.05) is 14.5 Å². The summed E-state index contributed by atoms with van der Waals surface area (Å²) in [6, 6.07) is 3.42. The van der Waals surface area contributed by atoms with Crippen LogP contribution in [-0.4, -0.2) is 9.86 Å². The summed E-state index contributed by atoms with van der Waals surface area (Å²) in [7, 11) is 0. The first-order chi connectivity index (χ1) is 5.18. The van der Waals surface area contributed by atoms with E-state index >= 15 is 0 Å². The topological polar surface area (TPSA) is 0 Å². The van der Waals surface area contributed by atoms with Crippen LogP contribution in [0.2, 0.25) is 0 Å². The molecule has 0 heterocycles. The van der Waals surface area contributed by atoms with Gasteiger partial charge in [-0.1, -0.05) is 0 Å². The van der Waals surface area contributed by atoms with Crippen LogP contribution in [0.3, 0.4) is 0 Å². The van der Waals surface area contributed by atoms with Gasteiger partial charge in [0.2, 0.25) is 0 Å². The fourth-order valence-corrected chi connectivity index (χ4v) is 0.692. The second-order valence-electron chi connectivity index (χ2n) is 1.95. The minimum Gasteiger partial charge on any atom is -0.269 e. The highest BCUT2D eigenvalue weighted by molar-refractivity contribution is 5.75. The molecule has 0 aliphatic carbocycles. The zero-order chi connectivity index (χ0) is 8.85. The Morgan fingerprint density at radius 3 is 1.82 bits per heavy atom. The van der Waals surface area contributed by atoms with E-state index in [9.17, 15) is 8.78 Å². The van der Waals surface area contributed by atoms with E-state index in [2.05, 4.69) is 1.45 Å². The van der Waals surface area contributed by atoms with E-state index in [1.165, 1.54) is 12.1 Å². The summed E-state index contributed by atoms with van der Waals surface area (Å²) in [6.45, 7) is 1.64. The molecule has 0 aliphatic heterocycles. The van der Waals surface area contributed by atoms with Crippen molar-refractivity contribution in [1.82, 2.24) is 0 Å². The van der Waals surface area contributed by atoms with E-state index in [0.717, 1.165) is 6.07 Å². The van der Waals surface area contributed by atoms with Gasteiger partial charge in [0.15, 0.2) is 0 Å². The van der Waals surface area contributed by atoms with Crippen LogP contribution in [0.5, 0.6) is 0 Å². The standard InChI is InChI=1S/C7H6F2.B.FH/c1-5-2-6(8)4-7(9)3-5;;/h2-4H,1H3;;1H/i/hT. The van der Waals surface area contributed by atoms with Gasteiger partial charge in [-0.15, -0.1) is 0 Å². The molecule has 59 valence electrons. The molecule has 1 aromatic carbocycles. The van der Waals surface area contributed by atoms with Crippen molar-refractivity contribution >= 4 is 8.41 Å². The third-order valence-corrected chi connectivity index (χ3v) is 1.01. The SMILES string of the molecule is Cc1cc(F)cc(F)c1.[3H]F.[B]. The lowest BCUT2D eigenvalue weighted by Crippen LogP contribution is -1.80. The fourth-order valence-electron chi connectivity index (χ4n) is 0.692. The molecule has 0 aromatic heterocycles. The predicted molar refractivity (Wildman–Crippen MR) is 39.4 cm³/mol. The van der Waals surface area contributed by atoms with Crippen LogP contribution in [-0.2, 0) is 0 Å². The Hall–Kier alpha value is -0.925. The van der Waals surface area contributed by atoms with Crippen LogP contribution in [0.25, 0.3) is 0 Å². The Balaban J connectivity index is 0. The van der Waals surface area contributed by atoms with Gasteiger partial charge in [-0.3, -0.25) is 4.72 Å². The van der Waals surface area contributed by atoms with Crippen molar-refractivity contribution in [3.63, 3.8) is 0 Å². The van der Waals surface area contributed by atoms with E-state index in [0.29, 0.717) is 5.56 Å². The van der Waals surface area contributed by atoms with E-state index in [1.54, 1.807) is 6.92 Å². The van der Waals surface area contributed by atoms with Crippen LogP contribution in [0, 0.1) is 18.6 Å². The van der Waals surface area contributed by atoms with Crippen molar-refractivity contribution in [3.05, 3.63) is 35.4 Å². The van der Waals surface area contributed by atoms with Gasteiger partial charge in [0.25, 0.3) is 1.45 Å². The Morgan fingerprint density at radius 1 is 1.18 bits per heavy atom. The zero-order valence-corrected chi connectivity index (χ0v) is 5.94. The summed E-state index contributed by atoms with van der Waals surface area (Å²) in [6.07, 6.45) is 0. The summed E-state index contributed by atoms with van der Waals surface area (Å²) in [5, 5.41) is 0. The van der Waals surface area contributed by atoms with Gasteiger partial charge < -0.3 is 0 Å². The second kappa shape index (κ2) is 4.82. The maximum absolute atomic E-state index is 12.2. The maximum atomic E-state index is 12.2. The summed E-state index contributed by atoms with van der Waals surface area (Å²) in [5.41, 5.74) is 0.604. The first kappa shape index (κ1) is 10.1. The van der Waals surface area contributed by atoms with Crippen molar-refractivity contribution < 1.29 is 13.5 Å². The van der Waals surface area contributed by atoms with Gasteiger partial charge in [0.1, 0.15) is 11.6 Å². The highest BCUT2D eigenvalue weighted by atomic mass is 19.1. The van der Waals surface area contributed by atoms with E-state index in [-0.39, 0.29) is 8.41 Å². The molecular formula is C7H7BF3. The normalized spacial score (nSPS) is 8.55. The highest BCUT2D eigenvalue weighted by Gasteiger charge is 1.93. The molecule has 0 bridgehead atoms. The van der Waals surface area contributed by atoms with Crippen LogP contribution >= 0.6 is 0 Å². The van der Waals surface area contributed by atoms with Gasteiger partial charge >= 0.3 is 0 Å². The smallest absolute Gasteiger partial charge is 0.269 e.